The summed E-state index contributed by atoms with van der Waals surface area (Å²) >= 11 is 12.0. The summed E-state index contributed by atoms with van der Waals surface area (Å²) in [4.78, 5) is 4.48. The third-order valence-electron chi connectivity index (χ3n) is 3.07. The Balaban J connectivity index is 2.03. The van der Waals surface area contributed by atoms with Gasteiger partial charge in [0.05, 0.1) is 5.02 Å². The number of piperidine rings is 1. The van der Waals surface area contributed by atoms with Gasteiger partial charge in [0, 0.05) is 17.5 Å². The van der Waals surface area contributed by atoms with Crippen molar-refractivity contribution in [3.63, 3.8) is 0 Å². The van der Waals surface area contributed by atoms with Gasteiger partial charge in [-0.2, -0.15) is 0 Å². The second kappa shape index (κ2) is 4.48. The lowest BCUT2D eigenvalue weighted by Gasteiger charge is -2.19. The average molecular weight is 271 g/mol. The molecule has 1 aromatic carbocycles. The van der Waals surface area contributed by atoms with Crippen LogP contribution in [0.4, 0.5) is 0 Å². The summed E-state index contributed by atoms with van der Waals surface area (Å²) in [7, 11) is 0. The zero-order valence-electron chi connectivity index (χ0n) is 9.17. The molecule has 2 heterocycles. The standard InChI is InChI=1S/C12H12Cl2N2O/c13-8-4-9(14)11-10(5-8)16-12(17-11)7-2-1-3-15-6-7/h4-5,7,15H,1-3,6H2. The lowest BCUT2D eigenvalue weighted by Crippen LogP contribution is -2.28. The van der Waals surface area contributed by atoms with E-state index in [0.29, 0.717) is 21.5 Å². The van der Waals surface area contributed by atoms with Gasteiger partial charge in [-0.3, -0.25) is 0 Å². The Morgan fingerprint density at radius 2 is 2.24 bits per heavy atom. The largest absolute Gasteiger partial charge is 0.439 e. The first kappa shape index (κ1) is 11.3. The Morgan fingerprint density at radius 3 is 3.00 bits per heavy atom. The fraction of sp³-hybridized carbons (Fsp3) is 0.417. The summed E-state index contributed by atoms with van der Waals surface area (Å²) in [6.07, 6.45) is 2.25. The van der Waals surface area contributed by atoms with E-state index in [4.69, 9.17) is 27.6 Å². The van der Waals surface area contributed by atoms with Crippen molar-refractivity contribution < 1.29 is 4.42 Å². The molecule has 2 aromatic rings. The molecule has 3 nitrogen and oxygen atoms in total. The summed E-state index contributed by atoms with van der Waals surface area (Å²) in [6.45, 7) is 1.99. The minimum atomic E-state index is 0.339. The maximum Gasteiger partial charge on any atom is 0.199 e. The molecule has 0 amide bonds. The second-order valence-corrected chi connectivity index (χ2v) is 5.17. The van der Waals surface area contributed by atoms with Crippen LogP contribution >= 0.6 is 23.2 Å². The minimum absolute atomic E-state index is 0.339. The van der Waals surface area contributed by atoms with Gasteiger partial charge < -0.3 is 9.73 Å². The molecule has 3 rings (SSSR count). The molecule has 0 saturated carbocycles. The van der Waals surface area contributed by atoms with Crippen molar-refractivity contribution in [2.75, 3.05) is 13.1 Å². The van der Waals surface area contributed by atoms with Crippen molar-refractivity contribution in [1.82, 2.24) is 10.3 Å². The number of oxazole rings is 1. The number of rotatable bonds is 1. The molecule has 1 unspecified atom stereocenters. The van der Waals surface area contributed by atoms with Crippen LogP contribution in [0, 0.1) is 0 Å². The van der Waals surface area contributed by atoms with E-state index < -0.39 is 0 Å². The molecule has 1 aliphatic heterocycles. The molecular weight excluding hydrogens is 259 g/mol. The topological polar surface area (TPSA) is 38.1 Å². The first-order valence-corrected chi connectivity index (χ1v) is 6.46. The van der Waals surface area contributed by atoms with Crippen molar-refractivity contribution in [1.29, 1.82) is 0 Å². The third kappa shape index (κ3) is 2.15. The van der Waals surface area contributed by atoms with Crippen LogP contribution in [-0.4, -0.2) is 18.1 Å². The first-order valence-electron chi connectivity index (χ1n) is 5.70. The highest BCUT2D eigenvalue weighted by Gasteiger charge is 2.21. The monoisotopic (exact) mass is 270 g/mol. The van der Waals surface area contributed by atoms with Crippen molar-refractivity contribution in [3.05, 3.63) is 28.1 Å². The molecule has 1 atom stereocenters. The predicted octanol–water partition coefficient (Wildman–Crippen LogP) is 3.60. The summed E-state index contributed by atoms with van der Waals surface area (Å²) in [6, 6.07) is 3.46. The van der Waals surface area contributed by atoms with Crippen molar-refractivity contribution >= 4 is 34.3 Å². The van der Waals surface area contributed by atoms with Gasteiger partial charge in [0.15, 0.2) is 11.5 Å². The summed E-state index contributed by atoms with van der Waals surface area (Å²) < 4.78 is 5.75. The van der Waals surface area contributed by atoms with Crippen LogP contribution in [0.2, 0.25) is 10.0 Å². The van der Waals surface area contributed by atoms with Crippen LogP contribution in [0.15, 0.2) is 16.5 Å². The fourth-order valence-corrected chi connectivity index (χ4v) is 2.74. The molecule has 0 aliphatic carbocycles. The number of fused-ring (bicyclic) bond motifs is 1. The molecule has 17 heavy (non-hydrogen) atoms. The number of benzene rings is 1. The molecule has 1 aromatic heterocycles. The number of aromatic nitrogens is 1. The molecule has 90 valence electrons. The van der Waals surface area contributed by atoms with Crippen molar-refractivity contribution in [3.8, 4) is 0 Å². The van der Waals surface area contributed by atoms with Gasteiger partial charge in [-0.15, -0.1) is 0 Å². The van der Waals surface area contributed by atoms with E-state index in [1.807, 2.05) is 0 Å². The lowest BCUT2D eigenvalue weighted by atomic mass is 10.00. The Hall–Kier alpha value is -0.770. The van der Waals surface area contributed by atoms with Gasteiger partial charge >= 0.3 is 0 Å². The Labute approximate surface area is 109 Å². The average Bonchev–Trinajstić information content (AvgIpc) is 2.74. The van der Waals surface area contributed by atoms with E-state index in [-0.39, 0.29) is 0 Å². The SMILES string of the molecule is Clc1cc(Cl)c2oc(C3CCCNC3)nc2c1. The lowest BCUT2D eigenvalue weighted by molar-refractivity contribution is 0.387. The highest BCUT2D eigenvalue weighted by Crippen LogP contribution is 2.32. The van der Waals surface area contributed by atoms with Crippen LogP contribution in [0.3, 0.4) is 0 Å². The quantitative estimate of drug-likeness (QED) is 0.861. The van der Waals surface area contributed by atoms with E-state index in [0.717, 1.165) is 37.3 Å². The van der Waals surface area contributed by atoms with E-state index in [9.17, 15) is 0 Å². The summed E-state index contributed by atoms with van der Waals surface area (Å²) in [5.74, 6) is 1.10. The normalized spacial score (nSPS) is 20.9. The maximum absolute atomic E-state index is 6.08. The van der Waals surface area contributed by atoms with Crippen LogP contribution in [-0.2, 0) is 0 Å². The van der Waals surface area contributed by atoms with Crippen LogP contribution in [0.25, 0.3) is 11.1 Å². The number of nitrogens with zero attached hydrogens (tertiary/aromatic N) is 1. The molecular formula is C12H12Cl2N2O. The Morgan fingerprint density at radius 1 is 1.35 bits per heavy atom. The molecule has 1 fully saturated rings. The molecule has 0 radical (unpaired) electrons. The van der Waals surface area contributed by atoms with Crippen molar-refractivity contribution in [2.24, 2.45) is 0 Å². The highest BCUT2D eigenvalue weighted by atomic mass is 35.5. The van der Waals surface area contributed by atoms with Gasteiger partial charge in [0.2, 0.25) is 0 Å². The molecule has 5 heteroatoms. The van der Waals surface area contributed by atoms with E-state index in [1.54, 1.807) is 12.1 Å². The third-order valence-corrected chi connectivity index (χ3v) is 3.57. The minimum Gasteiger partial charge on any atom is -0.439 e. The summed E-state index contributed by atoms with van der Waals surface area (Å²) in [5, 5.41) is 4.45. The number of halogens is 2. The molecule has 1 aliphatic rings. The predicted molar refractivity (Wildman–Crippen MR) is 68.9 cm³/mol. The summed E-state index contributed by atoms with van der Waals surface area (Å²) in [5.41, 5.74) is 1.37. The Bertz CT molecular complexity index is 547. The smallest absolute Gasteiger partial charge is 0.199 e. The molecule has 1 N–H and O–H groups in total. The second-order valence-electron chi connectivity index (χ2n) is 4.33. The van der Waals surface area contributed by atoms with Gasteiger partial charge in [0.25, 0.3) is 0 Å². The van der Waals surface area contributed by atoms with Crippen LogP contribution in [0.5, 0.6) is 0 Å². The molecule has 0 bridgehead atoms. The van der Waals surface area contributed by atoms with E-state index in [1.165, 1.54) is 0 Å². The number of nitrogens with one attached hydrogen (secondary N) is 1. The fourth-order valence-electron chi connectivity index (χ4n) is 2.21. The van der Waals surface area contributed by atoms with Crippen LogP contribution in [0.1, 0.15) is 24.7 Å². The van der Waals surface area contributed by atoms with Gasteiger partial charge in [-0.1, -0.05) is 23.2 Å². The first-order chi connectivity index (χ1) is 8.24. The molecule has 1 saturated heterocycles. The zero-order chi connectivity index (χ0) is 11.8. The maximum atomic E-state index is 6.08. The number of hydrogen-bond donors (Lipinski definition) is 1. The Kier molecular flexibility index (Phi) is 2.99. The van der Waals surface area contributed by atoms with Gasteiger partial charge in [-0.25, -0.2) is 4.98 Å². The van der Waals surface area contributed by atoms with Gasteiger partial charge in [-0.05, 0) is 31.5 Å². The van der Waals surface area contributed by atoms with E-state index >= 15 is 0 Å². The zero-order valence-corrected chi connectivity index (χ0v) is 10.7. The highest BCUT2D eigenvalue weighted by molar-refractivity contribution is 6.37. The van der Waals surface area contributed by atoms with Crippen LogP contribution < -0.4 is 5.32 Å². The van der Waals surface area contributed by atoms with Crippen molar-refractivity contribution in [2.45, 2.75) is 18.8 Å². The van der Waals surface area contributed by atoms with E-state index in [2.05, 4.69) is 10.3 Å². The number of hydrogen-bond acceptors (Lipinski definition) is 3. The van der Waals surface area contributed by atoms with Gasteiger partial charge in [0.1, 0.15) is 5.52 Å². The molecule has 0 spiro atoms.